The average Bonchev–Trinajstić information content (AvgIpc) is 1.94. The van der Waals surface area contributed by atoms with Crippen LogP contribution >= 0.6 is 0 Å². The summed E-state index contributed by atoms with van der Waals surface area (Å²) in [7, 11) is 0. The molecule has 0 bridgehead atoms. The fourth-order valence-electron chi connectivity index (χ4n) is 0.959. The highest BCUT2D eigenvalue weighted by atomic mass is 14.9. The maximum Gasteiger partial charge on any atom is 0.125 e. The van der Waals surface area contributed by atoms with Crippen molar-refractivity contribution in [1.29, 1.82) is 0 Å². The van der Waals surface area contributed by atoms with Crippen molar-refractivity contribution in [2.45, 2.75) is 26.7 Å². The fourth-order valence-corrected chi connectivity index (χ4v) is 0.959. The van der Waals surface area contributed by atoms with Crippen LogP contribution in [0.1, 0.15) is 31.3 Å². The SMILES string of the molecule is Cc1ncc(N)c(C(C)C)n1. The second-order valence-corrected chi connectivity index (χ2v) is 2.91. The van der Waals surface area contributed by atoms with E-state index in [-0.39, 0.29) is 0 Å². The molecule has 0 aliphatic rings. The number of rotatable bonds is 1. The van der Waals surface area contributed by atoms with Crippen LogP contribution in [-0.4, -0.2) is 9.97 Å². The number of nitrogens with two attached hydrogens (primary N) is 1. The monoisotopic (exact) mass is 151 g/mol. The van der Waals surface area contributed by atoms with Gasteiger partial charge in [0.2, 0.25) is 0 Å². The van der Waals surface area contributed by atoms with Crippen LogP contribution < -0.4 is 5.73 Å². The van der Waals surface area contributed by atoms with Crippen LogP contribution in [0.3, 0.4) is 0 Å². The number of aryl methyl sites for hydroxylation is 1. The van der Waals surface area contributed by atoms with Crippen LogP contribution in [0.5, 0.6) is 0 Å². The van der Waals surface area contributed by atoms with Gasteiger partial charge in [0.05, 0.1) is 17.6 Å². The van der Waals surface area contributed by atoms with Gasteiger partial charge in [-0.3, -0.25) is 0 Å². The lowest BCUT2D eigenvalue weighted by Crippen LogP contribution is -2.02. The Morgan fingerprint density at radius 1 is 1.45 bits per heavy atom. The molecule has 2 N–H and O–H groups in total. The minimum Gasteiger partial charge on any atom is -0.396 e. The summed E-state index contributed by atoms with van der Waals surface area (Å²) in [6.45, 7) is 6.00. The molecule has 0 fully saturated rings. The molecular formula is C8H13N3. The summed E-state index contributed by atoms with van der Waals surface area (Å²) >= 11 is 0. The van der Waals surface area contributed by atoms with Crippen molar-refractivity contribution in [3.05, 3.63) is 17.7 Å². The lowest BCUT2D eigenvalue weighted by molar-refractivity contribution is 0.806. The Morgan fingerprint density at radius 2 is 2.09 bits per heavy atom. The molecule has 0 unspecified atom stereocenters. The van der Waals surface area contributed by atoms with E-state index < -0.39 is 0 Å². The van der Waals surface area contributed by atoms with E-state index in [1.807, 2.05) is 6.92 Å². The van der Waals surface area contributed by atoms with Gasteiger partial charge in [0.1, 0.15) is 5.82 Å². The molecule has 0 saturated heterocycles. The second kappa shape index (κ2) is 2.86. The number of hydrogen-bond acceptors (Lipinski definition) is 3. The van der Waals surface area contributed by atoms with Crippen molar-refractivity contribution < 1.29 is 0 Å². The van der Waals surface area contributed by atoms with Gasteiger partial charge in [-0.15, -0.1) is 0 Å². The van der Waals surface area contributed by atoms with Crippen molar-refractivity contribution in [3.63, 3.8) is 0 Å². The van der Waals surface area contributed by atoms with E-state index in [0.29, 0.717) is 11.6 Å². The first-order valence-corrected chi connectivity index (χ1v) is 3.70. The first-order valence-electron chi connectivity index (χ1n) is 3.70. The minimum atomic E-state index is 0.372. The highest BCUT2D eigenvalue weighted by molar-refractivity contribution is 5.41. The van der Waals surface area contributed by atoms with Gasteiger partial charge in [-0.2, -0.15) is 0 Å². The van der Waals surface area contributed by atoms with Gasteiger partial charge in [-0.25, -0.2) is 9.97 Å². The topological polar surface area (TPSA) is 51.8 Å². The Labute approximate surface area is 66.7 Å². The third kappa shape index (κ3) is 1.67. The number of nitrogen functional groups attached to an aromatic ring is 1. The maximum absolute atomic E-state index is 5.67. The Hall–Kier alpha value is -1.12. The summed E-state index contributed by atoms with van der Waals surface area (Å²) in [5.41, 5.74) is 7.29. The smallest absolute Gasteiger partial charge is 0.125 e. The third-order valence-corrected chi connectivity index (χ3v) is 1.52. The van der Waals surface area contributed by atoms with E-state index >= 15 is 0 Å². The normalized spacial score (nSPS) is 10.5. The van der Waals surface area contributed by atoms with Crippen LogP contribution in [0.15, 0.2) is 6.20 Å². The van der Waals surface area contributed by atoms with Crippen molar-refractivity contribution >= 4 is 5.69 Å². The lowest BCUT2D eigenvalue weighted by Gasteiger charge is -2.07. The number of nitrogens with zero attached hydrogens (tertiary/aromatic N) is 2. The van der Waals surface area contributed by atoms with Gasteiger partial charge < -0.3 is 5.73 Å². The summed E-state index contributed by atoms with van der Waals surface area (Å²) in [6, 6.07) is 0. The summed E-state index contributed by atoms with van der Waals surface area (Å²) in [6.07, 6.45) is 1.66. The van der Waals surface area contributed by atoms with Crippen LogP contribution in [0.4, 0.5) is 5.69 Å². The molecule has 60 valence electrons. The minimum absolute atomic E-state index is 0.372. The molecule has 0 spiro atoms. The van der Waals surface area contributed by atoms with Gasteiger partial charge in [-0.05, 0) is 12.8 Å². The Morgan fingerprint density at radius 3 is 2.55 bits per heavy atom. The van der Waals surface area contributed by atoms with Crippen molar-refractivity contribution in [3.8, 4) is 0 Å². The molecule has 1 rings (SSSR count). The number of hydrogen-bond donors (Lipinski definition) is 1. The zero-order chi connectivity index (χ0) is 8.43. The quantitative estimate of drug-likeness (QED) is 0.661. The van der Waals surface area contributed by atoms with Gasteiger partial charge in [0, 0.05) is 0 Å². The lowest BCUT2D eigenvalue weighted by atomic mass is 10.1. The number of aromatic nitrogens is 2. The van der Waals surface area contributed by atoms with Gasteiger partial charge in [0.15, 0.2) is 0 Å². The molecule has 1 aromatic rings. The third-order valence-electron chi connectivity index (χ3n) is 1.52. The Bertz CT molecular complexity index is 256. The molecule has 0 radical (unpaired) electrons. The first-order chi connectivity index (χ1) is 5.11. The van der Waals surface area contributed by atoms with E-state index in [2.05, 4.69) is 23.8 Å². The van der Waals surface area contributed by atoms with E-state index in [0.717, 1.165) is 11.5 Å². The molecule has 0 aliphatic heterocycles. The summed E-state index contributed by atoms with van der Waals surface area (Å²) in [4.78, 5) is 8.22. The molecule has 1 aromatic heterocycles. The molecule has 3 heteroatoms. The van der Waals surface area contributed by atoms with Crippen molar-refractivity contribution in [2.75, 3.05) is 5.73 Å². The van der Waals surface area contributed by atoms with E-state index in [1.54, 1.807) is 6.20 Å². The molecule has 0 amide bonds. The molecular weight excluding hydrogens is 138 g/mol. The summed E-state index contributed by atoms with van der Waals surface area (Å²) in [5.74, 6) is 1.15. The van der Waals surface area contributed by atoms with Gasteiger partial charge in [-0.1, -0.05) is 13.8 Å². The summed E-state index contributed by atoms with van der Waals surface area (Å²) < 4.78 is 0. The molecule has 1 heterocycles. The molecule has 11 heavy (non-hydrogen) atoms. The van der Waals surface area contributed by atoms with Crippen LogP contribution in [-0.2, 0) is 0 Å². The zero-order valence-electron chi connectivity index (χ0n) is 7.13. The Kier molecular flexibility index (Phi) is 2.08. The second-order valence-electron chi connectivity index (χ2n) is 2.91. The maximum atomic E-state index is 5.67. The van der Waals surface area contributed by atoms with Crippen molar-refractivity contribution in [1.82, 2.24) is 9.97 Å². The van der Waals surface area contributed by atoms with Crippen LogP contribution in [0.25, 0.3) is 0 Å². The zero-order valence-corrected chi connectivity index (χ0v) is 7.13. The van der Waals surface area contributed by atoms with Gasteiger partial charge in [0.25, 0.3) is 0 Å². The largest absolute Gasteiger partial charge is 0.396 e. The predicted octanol–water partition coefficient (Wildman–Crippen LogP) is 1.49. The molecule has 0 aliphatic carbocycles. The Balaban J connectivity index is 3.13. The average molecular weight is 151 g/mol. The fraction of sp³-hybridized carbons (Fsp3) is 0.500. The van der Waals surface area contributed by atoms with Crippen molar-refractivity contribution in [2.24, 2.45) is 0 Å². The van der Waals surface area contributed by atoms with Crippen LogP contribution in [0, 0.1) is 6.92 Å². The summed E-state index contributed by atoms with van der Waals surface area (Å²) in [5, 5.41) is 0. The van der Waals surface area contributed by atoms with E-state index in [9.17, 15) is 0 Å². The molecule has 0 atom stereocenters. The number of anilines is 1. The molecule has 0 aromatic carbocycles. The highest BCUT2D eigenvalue weighted by Gasteiger charge is 2.05. The predicted molar refractivity (Wildman–Crippen MR) is 45.3 cm³/mol. The van der Waals surface area contributed by atoms with E-state index in [1.165, 1.54) is 0 Å². The van der Waals surface area contributed by atoms with Gasteiger partial charge >= 0.3 is 0 Å². The first kappa shape index (κ1) is 7.98. The highest BCUT2D eigenvalue weighted by Crippen LogP contribution is 2.17. The molecule has 0 saturated carbocycles. The molecule has 3 nitrogen and oxygen atoms in total. The standard InChI is InChI=1S/C8H13N3/c1-5(2)8-7(9)4-10-6(3)11-8/h4-5H,9H2,1-3H3. The van der Waals surface area contributed by atoms with Crippen LogP contribution in [0.2, 0.25) is 0 Å². The van der Waals surface area contributed by atoms with E-state index in [4.69, 9.17) is 5.73 Å².